The van der Waals surface area contributed by atoms with E-state index in [2.05, 4.69) is 38.5 Å². The normalized spacial score (nSPS) is 12.3. The van der Waals surface area contributed by atoms with E-state index in [-0.39, 0.29) is 11.7 Å². The van der Waals surface area contributed by atoms with Gasteiger partial charge in [-0.25, -0.2) is 4.79 Å². The van der Waals surface area contributed by atoms with Gasteiger partial charge in [0, 0.05) is 9.26 Å². The second-order valence-corrected chi connectivity index (χ2v) is 8.42. The highest BCUT2D eigenvalue weighted by Crippen LogP contribution is 2.29. The molecule has 0 spiro atoms. The molecule has 0 heterocycles. The first-order chi connectivity index (χ1) is 10.6. The highest BCUT2D eigenvalue weighted by Gasteiger charge is 2.35. The van der Waals surface area contributed by atoms with Gasteiger partial charge in [0.15, 0.2) is 11.3 Å². The summed E-state index contributed by atoms with van der Waals surface area (Å²) in [7, 11) is 0. The van der Waals surface area contributed by atoms with Gasteiger partial charge in [-0.3, -0.25) is 5.32 Å². The quantitative estimate of drug-likeness (QED) is 0.244. The predicted octanol–water partition coefficient (Wildman–Crippen LogP) is 4.33. The summed E-state index contributed by atoms with van der Waals surface area (Å²) in [5, 5.41) is 8.34. The lowest BCUT2D eigenvalue weighted by molar-refractivity contribution is 0.147. The fourth-order valence-corrected chi connectivity index (χ4v) is 2.75. The first-order valence-electron chi connectivity index (χ1n) is 6.47. The van der Waals surface area contributed by atoms with E-state index in [1.54, 1.807) is 6.92 Å². The van der Waals surface area contributed by atoms with Gasteiger partial charge in [-0.2, -0.15) is 0 Å². The molecule has 0 saturated carbocycles. The molecule has 1 rings (SSSR count). The standard InChI is InChI=1S/C13H15Cl3IN3O2S/c1-3-22-12(21)20-10(13(14,15)16)19-11(23)18-9-5-4-8(17)6-7(9)2/h4-6,10H,3H2,1-2H3,(H,20,21)(H2,18,19,23). The van der Waals surface area contributed by atoms with Crippen molar-refractivity contribution in [3.63, 3.8) is 0 Å². The molecule has 0 aromatic heterocycles. The number of rotatable bonds is 4. The van der Waals surface area contributed by atoms with E-state index in [1.807, 2.05) is 25.1 Å². The van der Waals surface area contributed by atoms with Gasteiger partial charge in [-0.15, -0.1) is 0 Å². The van der Waals surface area contributed by atoms with Crippen LogP contribution >= 0.6 is 69.6 Å². The first-order valence-corrected chi connectivity index (χ1v) is 9.09. The van der Waals surface area contributed by atoms with Crippen LogP contribution < -0.4 is 16.0 Å². The number of hydrogen-bond acceptors (Lipinski definition) is 3. The monoisotopic (exact) mass is 509 g/mol. The van der Waals surface area contributed by atoms with E-state index in [0.29, 0.717) is 0 Å². The first kappa shape index (κ1) is 20.8. The largest absolute Gasteiger partial charge is 0.450 e. The number of anilines is 1. The zero-order chi connectivity index (χ0) is 17.6. The van der Waals surface area contributed by atoms with E-state index in [4.69, 9.17) is 51.8 Å². The number of amides is 1. The van der Waals surface area contributed by atoms with E-state index >= 15 is 0 Å². The molecule has 5 nitrogen and oxygen atoms in total. The Morgan fingerprint density at radius 2 is 2.04 bits per heavy atom. The molecule has 128 valence electrons. The van der Waals surface area contributed by atoms with Crippen LogP contribution in [0.2, 0.25) is 0 Å². The topological polar surface area (TPSA) is 62.4 Å². The van der Waals surface area contributed by atoms with Gasteiger partial charge in [0.05, 0.1) is 6.61 Å². The number of halogens is 4. The van der Waals surface area contributed by atoms with Crippen molar-refractivity contribution in [3.05, 3.63) is 27.3 Å². The number of ether oxygens (including phenoxy) is 1. The van der Waals surface area contributed by atoms with Crippen LogP contribution in [0.5, 0.6) is 0 Å². The second kappa shape index (κ2) is 9.31. The summed E-state index contributed by atoms with van der Waals surface area (Å²) in [6.07, 6.45) is -1.78. The summed E-state index contributed by atoms with van der Waals surface area (Å²) in [5.74, 6) is 0. The van der Waals surface area contributed by atoms with Crippen molar-refractivity contribution < 1.29 is 9.53 Å². The number of nitrogens with one attached hydrogen (secondary N) is 3. The molecule has 0 radical (unpaired) electrons. The molecule has 1 unspecified atom stereocenters. The van der Waals surface area contributed by atoms with Crippen molar-refractivity contribution in [2.24, 2.45) is 0 Å². The van der Waals surface area contributed by atoms with Crippen LogP contribution in [0.25, 0.3) is 0 Å². The van der Waals surface area contributed by atoms with Gasteiger partial charge >= 0.3 is 6.09 Å². The summed E-state index contributed by atoms with van der Waals surface area (Å²) >= 11 is 25.0. The minimum absolute atomic E-state index is 0.197. The number of alkyl halides is 3. The molecule has 0 fully saturated rings. The Hall–Kier alpha value is -0.220. The summed E-state index contributed by atoms with van der Waals surface area (Å²) in [4.78, 5) is 11.5. The molecule has 0 aliphatic rings. The van der Waals surface area contributed by atoms with Crippen LogP contribution in [-0.2, 0) is 4.74 Å². The lowest BCUT2D eigenvalue weighted by Crippen LogP contribution is -2.56. The minimum atomic E-state index is -1.82. The maximum absolute atomic E-state index is 11.5. The van der Waals surface area contributed by atoms with E-state index < -0.39 is 16.1 Å². The average Bonchev–Trinajstić information content (AvgIpc) is 2.40. The van der Waals surface area contributed by atoms with Crippen LogP contribution in [0.15, 0.2) is 18.2 Å². The van der Waals surface area contributed by atoms with Crippen LogP contribution in [0.1, 0.15) is 12.5 Å². The Labute approximate surface area is 168 Å². The number of carbonyl (C=O) groups excluding carboxylic acids is 1. The summed E-state index contributed by atoms with van der Waals surface area (Å²) in [5.41, 5.74) is 1.81. The van der Waals surface area contributed by atoms with Gasteiger partial charge in [0.1, 0.15) is 0 Å². The molecule has 1 aromatic rings. The molecule has 1 atom stereocenters. The Kier molecular flexibility index (Phi) is 8.43. The zero-order valence-corrected chi connectivity index (χ0v) is 17.5. The third kappa shape index (κ3) is 7.47. The Bertz CT molecular complexity index is 584. The van der Waals surface area contributed by atoms with Crippen LogP contribution in [-0.4, -0.2) is 27.8 Å². The molecule has 10 heteroatoms. The van der Waals surface area contributed by atoms with Crippen molar-refractivity contribution in [2.45, 2.75) is 23.8 Å². The second-order valence-electron chi connectivity index (χ2n) is 4.40. The Balaban J connectivity index is 2.75. The van der Waals surface area contributed by atoms with Crippen molar-refractivity contribution in [2.75, 3.05) is 11.9 Å². The summed E-state index contributed by atoms with van der Waals surface area (Å²) in [6.45, 7) is 3.81. The van der Waals surface area contributed by atoms with Gasteiger partial charge in [0.2, 0.25) is 3.79 Å². The lowest BCUT2D eigenvalue weighted by Gasteiger charge is -2.27. The number of benzene rings is 1. The van der Waals surface area contributed by atoms with Crippen molar-refractivity contribution >= 4 is 86.5 Å². The van der Waals surface area contributed by atoms with Crippen molar-refractivity contribution in [1.82, 2.24) is 10.6 Å². The van der Waals surface area contributed by atoms with E-state index in [0.717, 1.165) is 14.8 Å². The Morgan fingerprint density at radius 1 is 1.39 bits per heavy atom. The smallest absolute Gasteiger partial charge is 0.408 e. The van der Waals surface area contributed by atoms with Crippen LogP contribution in [0.3, 0.4) is 0 Å². The lowest BCUT2D eigenvalue weighted by atomic mass is 10.2. The zero-order valence-electron chi connectivity index (χ0n) is 12.3. The number of alkyl carbamates (subject to hydrolysis) is 1. The average molecular weight is 511 g/mol. The third-order valence-corrected chi connectivity index (χ3v) is 4.12. The molecule has 0 saturated heterocycles. The molecule has 3 N–H and O–H groups in total. The van der Waals surface area contributed by atoms with Crippen molar-refractivity contribution in [3.8, 4) is 0 Å². The predicted molar refractivity (Wildman–Crippen MR) is 107 cm³/mol. The molecular formula is C13H15Cl3IN3O2S. The third-order valence-electron chi connectivity index (χ3n) is 2.58. The maximum Gasteiger partial charge on any atom is 0.408 e. The molecule has 1 amide bonds. The van der Waals surface area contributed by atoms with E-state index in [1.165, 1.54) is 0 Å². The SMILES string of the molecule is CCOC(=O)NC(NC(=S)Nc1ccc(I)cc1C)C(Cl)(Cl)Cl. The molecular weight excluding hydrogens is 495 g/mol. The fourth-order valence-electron chi connectivity index (χ4n) is 1.55. The highest BCUT2D eigenvalue weighted by atomic mass is 127. The number of thiocarbonyl (C=S) groups is 1. The van der Waals surface area contributed by atoms with Crippen LogP contribution in [0, 0.1) is 10.5 Å². The maximum atomic E-state index is 11.5. The van der Waals surface area contributed by atoms with Crippen LogP contribution in [0.4, 0.5) is 10.5 Å². The van der Waals surface area contributed by atoms with Gasteiger partial charge in [-0.1, -0.05) is 34.8 Å². The molecule has 1 aromatic carbocycles. The number of hydrogen-bond donors (Lipinski definition) is 3. The molecule has 23 heavy (non-hydrogen) atoms. The van der Waals surface area contributed by atoms with Gasteiger partial charge < -0.3 is 15.4 Å². The van der Waals surface area contributed by atoms with Crippen molar-refractivity contribution in [1.29, 1.82) is 0 Å². The Morgan fingerprint density at radius 3 is 2.57 bits per heavy atom. The van der Waals surface area contributed by atoms with Gasteiger partial charge in [-0.05, 0) is 72.4 Å². The summed E-state index contributed by atoms with van der Waals surface area (Å²) < 4.78 is 4.05. The number of aryl methyl sites for hydroxylation is 1. The van der Waals surface area contributed by atoms with E-state index in [9.17, 15) is 4.79 Å². The molecule has 0 aliphatic carbocycles. The highest BCUT2D eigenvalue weighted by molar-refractivity contribution is 14.1. The molecule has 0 aliphatic heterocycles. The molecule has 0 bridgehead atoms. The minimum Gasteiger partial charge on any atom is -0.450 e. The van der Waals surface area contributed by atoms with Gasteiger partial charge in [0.25, 0.3) is 0 Å². The number of carbonyl (C=O) groups is 1. The summed E-state index contributed by atoms with van der Waals surface area (Å²) in [6, 6.07) is 5.81. The fraction of sp³-hybridized carbons (Fsp3) is 0.385.